The number of nitrogens with zero attached hydrogens (tertiary/aromatic N) is 2. The minimum absolute atomic E-state index is 0.563. The molecule has 0 saturated heterocycles. The van der Waals surface area contributed by atoms with Crippen molar-refractivity contribution in [2.24, 2.45) is 11.8 Å². The Balaban J connectivity index is 2.01. The molecular formula is C12H20N4S. The Kier molecular flexibility index (Phi) is 4.23. The van der Waals surface area contributed by atoms with E-state index in [1.165, 1.54) is 19.3 Å². The Labute approximate surface area is 107 Å². The van der Waals surface area contributed by atoms with Crippen LogP contribution in [0.4, 0.5) is 5.82 Å². The van der Waals surface area contributed by atoms with Crippen molar-refractivity contribution < 1.29 is 0 Å². The van der Waals surface area contributed by atoms with Gasteiger partial charge in [-0.25, -0.2) is 15.8 Å². The van der Waals surface area contributed by atoms with Gasteiger partial charge in [-0.3, -0.25) is 0 Å². The summed E-state index contributed by atoms with van der Waals surface area (Å²) in [6.45, 7) is 4.48. The maximum absolute atomic E-state index is 5.44. The molecule has 1 saturated carbocycles. The number of nitrogen functional groups attached to an aromatic ring is 1. The second-order valence-corrected chi connectivity index (χ2v) is 6.01. The molecule has 1 heterocycles. The summed E-state index contributed by atoms with van der Waals surface area (Å²) in [5.74, 6) is 9.52. The molecule has 1 aromatic heterocycles. The third kappa shape index (κ3) is 3.85. The van der Waals surface area contributed by atoms with Crippen molar-refractivity contribution >= 4 is 17.6 Å². The number of nitrogens with one attached hydrogen (secondary N) is 1. The van der Waals surface area contributed by atoms with E-state index in [1.807, 2.05) is 6.07 Å². The van der Waals surface area contributed by atoms with Crippen molar-refractivity contribution in [3.05, 3.63) is 11.9 Å². The van der Waals surface area contributed by atoms with Gasteiger partial charge in [-0.1, -0.05) is 13.8 Å². The average molecular weight is 252 g/mol. The van der Waals surface area contributed by atoms with E-state index in [2.05, 4.69) is 29.2 Å². The van der Waals surface area contributed by atoms with Gasteiger partial charge in [0, 0.05) is 12.0 Å². The first-order chi connectivity index (χ1) is 8.19. The Hall–Kier alpha value is -0.810. The number of hydrogen-bond acceptors (Lipinski definition) is 5. The first-order valence-electron chi connectivity index (χ1n) is 6.17. The van der Waals surface area contributed by atoms with Crippen LogP contribution in [0.25, 0.3) is 0 Å². The molecule has 1 aromatic rings. The molecule has 4 nitrogen and oxygen atoms in total. The predicted molar refractivity (Wildman–Crippen MR) is 72.0 cm³/mol. The molecule has 94 valence electrons. The molecule has 0 atom stereocenters. The molecule has 3 N–H and O–H groups in total. The molecule has 0 radical (unpaired) electrons. The minimum atomic E-state index is 0.563. The SMILES string of the molecule is CC(C)CCSc1cc(NN)nc(C2CC2)n1. The van der Waals surface area contributed by atoms with Crippen LogP contribution in [-0.4, -0.2) is 15.7 Å². The molecule has 2 rings (SSSR count). The normalized spacial score (nSPS) is 15.3. The fraction of sp³-hybridized carbons (Fsp3) is 0.667. The van der Waals surface area contributed by atoms with Crippen molar-refractivity contribution in [1.82, 2.24) is 9.97 Å². The van der Waals surface area contributed by atoms with E-state index in [-0.39, 0.29) is 0 Å². The van der Waals surface area contributed by atoms with Gasteiger partial charge in [-0.15, -0.1) is 11.8 Å². The van der Waals surface area contributed by atoms with Crippen molar-refractivity contribution in [1.29, 1.82) is 0 Å². The molecular weight excluding hydrogens is 232 g/mol. The van der Waals surface area contributed by atoms with Gasteiger partial charge in [0.2, 0.25) is 0 Å². The minimum Gasteiger partial charge on any atom is -0.308 e. The zero-order valence-electron chi connectivity index (χ0n) is 10.4. The van der Waals surface area contributed by atoms with Gasteiger partial charge in [0.15, 0.2) is 0 Å². The quantitative estimate of drug-likeness (QED) is 0.353. The van der Waals surface area contributed by atoms with Gasteiger partial charge >= 0.3 is 0 Å². The predicted octanol–water partition coefficient (Wildman–Crippen LogP) is 2.78. The topological polar surface area (TPSA) is 63.8 Å². The van der Waals surface area contributed by atoms with Crippen LogP contribution >= 0.6 is 11.8 Å². The van der Waals surface area contributed by atoms with Gasteiger partial charge in [-0.05, 0) is 30.9 Å². The third-order valence-corrected chi connectivity index (χ3v) is 3.70. The smallest absolute Gasteiger partial charge is 0.144 e. The van der Waals surface area contributed by atoms with Gasteiger partial charge in [0.25, 0.3) is 0 Å². The van der Waals surface area contributed by atoms with Gasteiger partial charge in [-0.2, -0.15) is 0 Å². The van der Waals surface area contributed by atoms with Gasteiger partial charge < -0.3 is 5.43 Å². The maximum Gasteiger partial charge on any atom is 0.144 e. The molecule has 0 aromatic carbocycles. The zero-order chi connectivity index (χ0) is 12.3. The monoisotopic (exact) mass is 252 g/mol. The number of anilines is 1. The summed E-state index contributed by atoms with van der Waals surface area (Å²) >= 11 is 1.79. The first-order valence-corrected chi connectivity index (χ1v) is 7.16. The molecule has 0 amide bonds. The Morgan fingerprint density at radius 3 is 2.82 bits per heavy atom. The van der Waals surface area contributed by atoms with Crippen molar-refractivity contribution in [2.75, 3.05) is 11.2 Å². The molecule has 0 unspecified atom stereocenters. The molecule has 0 spiro atoms. The van der Waals surface area contributed by atoms with E-state index in [1.54, 1.807) is 11.8 Å². The van der Waals surface area contributed by atoms with Crippen LogP contribution in [-0.2, 0) is 0 Å². The summed E-state index contributed by atoms with van der Waals surface area (Å²) in [5.41, 5.74) is 2.63. The second-order valence-electron chi connectivity index (χ2n) is 4.90. The first kappa shape index (κ1) is 12.6. The highest BCUT2D eigenvalue weighted by atomic mass is 32.2. The number of rotatable bonds is 6. The Bertz CT molecular complexity index is 377. The molecule has 1 aliphatic carbocycles. The van der Waals surface area contributed by atoms with Crippen LogP contribution in [0.15, 0.2) is 11.1 Å². The van der Waals surface area contributed by atoms with Crippen LogP contribution < -0.4 is 11.3 Å². The summed E-state index contributed by atoms with van der Waals surface area (Å²) < 4.78 is 0. The summed E-state index contributed by atoms with van der Waals surface area (Å²) in [6.07, 6.45) is 3.63. The molecule has 1 aliphatic rings. The van der Waals surface area contributed by atoms with E-state index >= 15 is 0 Å². The lowest BCUT2D eigenvalue weighted by Crippen LogP contribution is -2.10. The molecule has 0 aliphatic heterocycles. The van der Waals surface area contributed by atoms with Crippen molar-refractivity contribution in [3.63, 3.8) is 0 Å². The molecule has 5 heteroatoms. The number of aromatic nitrogens is 2. The van der Waals surface area contributed by atoms with E-state index < -0.39 is 0 Å². The Morgan fingerprint density at radius 1 is 1.47 bits per heavy atom. The number of hydrogen-bond donors (Lipinski definition) is 2. The average Bonchev–Trinajstić information content (AvgIpc) is 3.12. The highest BCUT2D eigenvalue weighted by molar-refractivity contribution is 7.99. The summed E-state index contributed by atoms with van der Waals surface area (Å²) in [5, 5.41) is 1.04. The Morgan fingerprint density at radius 2 is 2.24 bits per heavy atom. The number of nitrogens with two attached hydrogens (primary N) is 1. The highest BCUT2D eigenvalue weighted by Gasteiger charge is 2.27. The van der Waals surface area contributed by atoms with Crippen molar-refractivity contribution in [3.8, 4) is 0 Å². The van der Waals surface area contributed by atoms with E-state index in [9.17, 15) is 0 Å². The van der Waals surface area contributed by atoms with Crippen LogP contribution in [0.2, 0.25) is 0 Å². The highest BCUT2D eigenvalue weighted by Crippen LogP contribution is 2.39. The zero-order valence-corrected chi connectivity index (χ0v) is 11.3. The standard InChI is InChI=1S/C12H20N4S/c1-8(2)5-6-17-11-7-10(16-13)14-12(15-11)9-3-4-9/h7-9H,3-6,13H2,1-2H3,(H,14,15,16). The van der Waals surface area contributed by atoms with Gasteiger partial charge in [0.1, 0.15) is 16.7 Å². The van der Waals surface area contributed by atoms with E-state index in [4.69, 9.17) is 5.84 Å². The number of thioether (sulfide) groups is 1. The lowest BCUT2D eigenvalue weighted by atomic mass is 10.2. The summed E-state index contributed by atoms with van der Waals surface area (Å²) in [7, 11) is 0. The van der Waals surface area contributed by atoms with Crippen LogP contribution in [0.1, 0.15) is 44.9 Å². The second kappa shape index (κ2) is 5.69. The lowest BCUT2D eigenvalue weighted by molar-refractivity contribution is 0.632. The van der Waals surface area contributed by atoms with Crippen molar-refractivity contribution in [2.45, 2.75) is 44.1 Å². The van der Waals surface area contributed by atoms with Crippen LogP contribution in [0, 0.1) is 5.92 Å². The fourth-order valence-corrected chi connectivity index (χ4v) is 2.67. The van der Waals surface area contributed by atoms with E-state index in [0.717, 1.165) is 28.3 Å². The summed E-state index contributed by atoms with van der Waals surface area (Å²) in [6, 6.07) is 1.93. The van der Waals surface area contributed by atoms with Crippen LogP contribution in [0.5, 0.6) is 0 Å². The summed E-state index contributed by atoms with van der Waals surface area (Å²) in [4.78, 5) is 8.99. The number of hydrazine groups is 1. The molecule has 17 heavy (non-hydrogen) atoms. The largest absolute Gasteiger partial charge is 0.308 e. The van der Waals surface area contributed by atoms with Gasteiger partial charge in [0.05, 0.1) is 0 Å². The third-order valence-electron chi connectivity index (χ3n) is 2.76. The van der Waals surface area contributed by atoms with Crippen LogP contribution in [0.3, 0.4) is 0 Å². The molecule has 0 bridgehead atoms. The maximum atomic E-state index is 5.44. The lowest BCUT2D eigenvalue weighted by Gasteiger charge is -2.07. The van der Waals surface area contributed by atoms with E-state index in [0.29, 0.717) is 5.92 Å². The fourth-order valence-electron chi connectivity index (χ4n) is 1.51. The molecule has 1 fully saturated rings.